The maximum Gasteiger partial charge on any atom is 0.256 e. The molecule has 0 radical (unpaired) electrons. The first kappa shape index (κ1) is 24.3. The van der Waals surface area contributed by atoms with Gasteiger partial charge in [-0.05, 0) is 55.2 Å². The number of aromatic nitrogens is 3. The molecule has 2 amide bonds. The first-order valence-electron chi connectivity index (χ1n) is 11.5. The molecule has 0 spiro atoms. The fourth-order valence-electron chi connectivity index (χ4n) is 4.18. The van der Waals surface area contributed by atoms with Crippen LogP contribution in [0.3, 0.4) is 0 Å². The zero-order valence-electron chi connectivity index (χ0n) is 20.3. The van der Waals surface area contributed by atoms with E-state index in [0.29, 0.717) is 32.7 Å². The fourth-order valence-corrected chi connectivity index (χ4v) is 5.03. The molecule has 0 atom stereocenters. The minimum atomic E-state index is -0.589. The predicted octanol–water partition coefficient (Wildman–Crippen LogP) is 5.07. The van der Waals surface area contributed by atoms with Crippen molar-refractivity contribution in [1.29, 1.82) is 5.26 Å². The van der Waals surface area contributed by atoms with Crippen LogP contribution in [-0.4, -0.2) is 33.8 Å². The largest absolute Gasteiger partial charge is 0.319 e. The molecule has 11 heteroatoms. The lowest BCUT2D eigenvalue weighted by Crippen LogP contribution is -2.18. The van der Waals surface area contributed by atoms with E-state index in [4.69, 9.17) is 0 Å². The van der Waals surface area contributed by atoms with Crippen molar-refractivity contribution in [2.45, 2.75) is 32.1 Å². The van der Waals surface area contributed by atoms with Crippen molar-refractivity contribution in [3.8, 4) is 6.07 Å². The minimum Gasteiger partial charge on any atom is -0.319 e. The number of thiazole rings is 1. The monoisotopic (exact) mass is 515 g/mol. The molecule has 2 aromatic carbocycles. The molecule has 0 saturated heterocycles. The maximum atomic E-state index is 14.7. The molecule has 0 unspecified atom stereocenters. The summed E-state index contributed by atoms with van der Waals surface area (Å²) in [4.78, 5) is 39.8. The number of carbonyl (C=O) groups is 2. The maximum absolute atomic E-state index is 14.7. The van der Waals surface area contributed by atoms with E-state index in [2.05, 4.69) is 31.7 Å². The number of hydrogen-bond donors (Lipinski definition) is 2. The Balaban J connectivity index is 1.40. The molecular weight excluding hydrogens is 493 g/mol. The van der Waals surface area contributed by atoms with Crippen molar-refractivity contribution in [3.05, 3.63) is 65.1 Å². The fraction of sp³-hybridized carbons (Fsp3) is 0.231. The number of benzene rings is 2. The Kier molecular flexibility index (Phi) is 6.05. The van der Waals surface area contributed by atoms with Crippen molar-refractivity contribution < 1.29 is 14.0 Å². The number of anilines is 4. The van der Waals surface area contributed by atoms with Gasteiger partial charge in [0, 0.05) is 25.2 Å². The van der Waals surface area contributed by atoms with Gasteiger partial charge in [0.15, 0.2) is 9.96 Å². The number of nitrogens with zero attached hydrogens (tertiary/aromatic N) is 5. The molecule has 1 saturated carbocycles. The summed E-state index contributed by atoms with van der Waals surface area (Å²) in [6.07, 6.45) is 3.08. The van der Waals surface area contributed by atoms with Crippen LogP contribution >= 0.6 is 11.3 Å². The highest BCUT2D eigenvalue weighted by atomic mass is 32.1. The second-order valence-corrected chi connectivity index (χ2v) is 9.89. The Morgan fingerprint density at radius 2 is 1.97 bits per heavy atom. The minimum absolute atomic E-state index is 0.00684. The van der Waals surface area contributed by atoms with Gasteiger partial charge in [0.1, 0.15) is 11.3 Å². The Bertz CT molecular complexity index is 1610. The standard InChI is InChI=1S/C26H22FN7O2S/c1-14-17(5-4-6-18(14)26(13-28)9-10-26)22(36)31-20-11-16(7-8-19(20)27)34(3)24-29-12-21-23(33-24)37-25(32-21)30-15(2)35/h4-8,11-12H,9-10H2,1-3H3,(H,31,36)(H,30,32,35). The Morgan fingerprint density at radius 1 is 1.19 bits per heavy atom. The molecule has 5 rings (SSSR count). The molecule has 2 N–H and O–H groups in total. The molecular formula is C26H22FN7O2S. The summed E-state index contributed by atoms with van der Waals surface area (Å²) in [6.45, 7) is 3.21. The van der Waals surface area contributed by atoms with Gasteiger partial charge in [-0.25, -0.2) is 14.4 Å². The lowest BCUT2D eigenvalue weighted by molar-refractivity contribution is -0.114. The van der Waals surface area contributed by atoms with Gasteiger partial charge in [-0.3, -0.25) is 9.59 Å². The van der Waals surface area contributed by atoms with Gasteiger partial charge in [-0.15, -0.1) is 0 Å². The molecule has 2 heterocycles. The molecule has 0 aliphatic heterocycles. The van der Waals surface area contributed by atoms with Gasteiger partial charge >= 0.3 is 0 Å². The molecule has 9 nitrogen and oxygen atoms in total. The molecule has 0 bridgehead atoms. The van der Waals surface area contributed by atoms with Crippen molar-refractivity contribution in [1.82, 2.24) is 15.0 Å². The third-order valence-electron chi connectivity index (χ3n) is 6.36. The average Bonchev–Trinajstić information content (AvgIpc) is 3.57. The van der Waals surface area contributed by atoms with Crippen molar-refractivity contribution in [2.24, 2.45) is 0 Å². The number of carbonyl (C=O) groups excluding carboxylic acids is 2. The van der Waals surface area contributed by atoms with Gasteiger partial charge in [-0.2, -0.15) is 10.2 Å². The number of amides is 2. The zero-order valence-corrected chi connectivity index (χ0v) is 21.1. The molecule has 37 heavy (non-hydrogen) atoms. The number of fused-ring (bicyclic) bond motifs is 1. The van der Waals surface area contributed by atoms with E-state index < -0.39 is 17.1 Å². The van der Waals surface area contributed by atoms with E-state index in [1.165, 1.54) is 30.4 Å². The highest BCUT2D eigenvalue weighted by molar-refractivity contribution is 7.21. The smallest absolute Gasteiger partial charge is 0.256 e. The summed E-state index contributed by atoms with van der Waals surface area (Å²) < 4.78 is 14.7. The summed E-state index contributed by atoms with van der Waals surface area (Å²) in [7, 11) is 1.72. The number of halogens is 1. The highest BCUT2D eigenvalue weighted by Crippen LogP contribution is 2.49. The van der Waals surface area contributed by atoms with Crippen LogP contribution in [-0.2, 0) is 10.2 Å². The Labute approximate surface area is 216 Å². The highest BCUT2D eigenvalue weighted by Gasteiger charge is 2.46. The number of nitriles is 1. The van der Waals surface area contributed by atoms with Crippen molar-refractivity contribution in [3.63, 3.8) is 0 Å². The Hall–Kier alpha value is -4.43. The molecule has 2 aromatic heterocycles. The summed E-state index contributed by atoms with van der Waals surface area (Å²) >= 11 is 1.22. The van der Waals surface area contributed by atoms with Crippen LogP contribution in [0.15, 0.2) is 42.6 Å². The van der Waals surface area contributed by atoms with Gasteiger partial charge in [0.2, 0.25) is 11.9 Å². The lowest BCUT2D eigenvalue weighted by Gasteiger charge is -2.19. The molecule has 1 aliphatic carbocycles. The van der Waals surface area contributed by atoms with Crippen molar-refractivity contribution >= 4 is 56.0 Å². The third-order valence-corrected chi connectivity index (χ3v) is 7.25. The van der Waals surface area contributed by atoms with E-state index in [0.717, 1.165) is 24.0 Å². The topological polar surface area (TPSA) is 124 Å². The summed E-state index contributed by atoms with van der Waals surface area (Å²) in [6, 6.07) is 12.0. The second-order valence-electron chi connectivity index (χ2n) is 8.91. The quantitative estimate of drug-likeness (QED) is 0.367. The van der Waals surface area contributed by atoms with E-state index in [1.54, 1.807) is 36.3 Å². The molecule has 1 aliphatic rings. The Morgan fingerprint density at radius 3 is 2.68 bits per heavy atom. The van der Waals surface area contributed by atoms with E-state index in [9.17, 15) is 19.2 Å². The number of hydrogen-bond acceptors (Lipinski definition) is 8. The average molecular weight is 516 g/mol. The van der Waals surface area contributed by atoms with E-state index in [1.807, 2.05) is 13.0 Å². The first-order chi connectivity index (χ1) is 17.7. The molecule has 186 valence electrons. The van der Waals surface area contributed by atoms with E-state index >= 15 is 0 Å². The van der Waals surface area contributed by atoms with Crippen LogP contribution in [0.25, 0.3) is 10.3 Å². The van der Waals surface area contributed by atoms with Crippen LogP contribution in [0.1, 0.15) is 41.3 Å². The van der Waals surface area contributed by atoms with Crippen LogP contribution in [0.5, 0.6) is 0 Å². The van der Waals surface area contributed by atoms with Gasteiger partial charge in [0.25, 0.3) is 5.91 Å². The van der Waals surface area contributed by atoms with Gasteiger partial charge in [0.05, 0.1) is 23.4 Å². The predicted molar refractivity (Wildman–Crippen MR) is 140 cm³/mol. The molecule has 1 fully saturated rings. The number of nitrogens with one attached hydrogen (secondary N) is 2. The third kappa shape index (κ3) is 4.59. The summed E-state index contributed by atoms with van der Waals surface area (Å²) in [5.74, 6) is -0.943. The second kappa shape index (κ2) is 9.22. The zero-order chi connectivity index (χ0) is 26.3. The van der Waals surface area contributed by atoms with Gasteiger partial charge in [-0.1, -0.05) is 23.5 Å². The normalized spacial score (nSPS) is 13.6. The van der Waals surface area contributed by atoms with Gasteiger partial charge < -0.3 is 15.5 Å². The first-order valence-corrected chi connectivity index (χ1v) is 12.3. The lowest BCUT2D eigenvalue weighted by atomic mass is 9.90. The summed E-state index contributed by atoms with van der Waals surface area (Å²) in [5, 5.41) is 15.3. The molecule has 4 aromatic rings. The van der Waals surface area contributed by atoms with Crippen molar-refractivity contribution in [2.75, 3.05) is 22.6 Å². The SMILES string of the molecule is CC(=O)Nc1nc2cnc(N(C)c3ccc(F)c(NC(=O)c4cccc(C5(C#N)CC5)c4C)c3)nc2s1. The summed E-state index contributed by atoms with van der Waals surface area (Å²) in [5.41, 5.74) is 2.52. The van der Waals surface area contributed by atoms with Crippen LogP contribution < -0.4 is 15.5 Å². The van der Waals surface area contributed by atoms with Crippen LogP contribution in [0.4, 0.5) is 26.8 Å². The van der Waals surface area contributed by atoms with Crippen LogP contribution in [0.2, 0.25) is 0 Å². The van der Waals surface area contributed by atoms with Crippen LogP contribution in [0, 0.1) is 24.1 Å². The van der Waals surface area contributed by atoms with E-state index in [-0.39, 0.29) is 11.6 Å². The number of rotatable bonds is 6.